The maximum absolute atomic E-state index is 12.9. The van der Waals surface area contributed by atoms with Crippen molar-refractivity contribution in [2.45, 2.75) is 19.2 Å². The number of carbonyl (C=O) groups excluding carboxylic acids is 2. The molecule has 8 nitrogen and oxygen atoms in total. The van der Waals surface area contributed by atoms with E-state index in [0.29, 0.717) is 0 Å². The van der Waals surface area contributed by atoms with Crippen molar-refractivity contribution in [3.63, 3.8) is 0 Å². The van der Waals surface area contributed by atoms with Crippen LogP contribution in [0.15, 0.2) is 40.8 Å². The molecular weight excluding hydrogens is 361 g/mol. The number of esters is 1. The Bertz CT molecular complexity index is 846. The fourth-order valence-corrected chi connectivity index (χ4v) is 1.88. The van der Waals surface area contributed by atoms with Crippen molar-refractivity contribution in [3.05, 3.63) is 57.8 Å². The smallest absolute Gasteiger partial charge is 0.433 e. The number of nitrogens with one attached hydrogen (secondary N) is 1. The number of alkyl halides is 3. The van der Waals surface area contributed by atoms with Crippen molar-refractivity contribution in [1.29, 1.82) is 0 Å². The first-order valence-corrected chi connectivity index (χ1v) is 7.02. The third-order valence-electron chi connectivity index (χ3n) is 3.12. The summed E-state index contributed by atoms with van der Waals surface area (Å²) in [6.07, 6.45) is -6.16. The van der Waals surface area contributed by atoms with Gasteiger partial charge in [0.2, 0.25) is 5.76 Å². The fourth-order valence-electron chi connectivity index (χ4n) is 1.88. The minimum Gasteiger partial charge on any atom is -0.447 e. The number of para-hydroxylation sites is 1. The average Bonchev–Trinajstić information content (AvgIpc) is 3.04. The molecule has 0 saturated carbocycles. The number of furan rings is 1. The van der Waals surface area contributed by atoms with Gasteiger partial charge in [0.15, 0.2) is 6.10 Å². The monoisotopic (exact) mass is 372 g/mol. The Kier molecular flexibility index (Phi) is 5.29. The first-order chi connectivity index (χ1) is 12.1. The minimum absolute atomic E-state index is 0.499. The van der Waals surface area contributed by atoms with Crippen LogP contribution in [-0.4, -0.2) is 22.9 Å². The van der Waals surface area contributed by atoms with Crippen molar-refractivity contribution in [2.24, 2.45) is 0 Å². The molecule has 1 N–H and O–H groups in total. The summed E-state index contributed by atoms with van der Waals surface area (Å²) in [5.74, 6) is -3.42. The fraction of sp³-hybridized carbons (Fsp3) is 0.200. The molecule has 0 bridgehead atoms. The predicted molar refractivity (Wildman–Crippen MR) is 80.3 cm³/mol. The first kappa shape index (κ1) is 19.0. The normalized spacial score (nSPS) is 12.3. The molecule has 1 aromatic heterocycles. The lowest BCUT2D eigenvalue weighted by Gasteiger charge is -2.16. The zero-order valence-electron chi connectivity index (χ0n) is 13.1. The van der Waals surface area contributed by atoms with Gasteiger partial charge in [0, 0.05) is 0 Å². The highest BCUT2D eigenvalue weighted by molar-refractivity contribution is 5.97. The molecule has 1 amide bonds. The second-order valence-electron chi connectivity index (χ2n) is 4.98. The summed E-state index contributed by atoms with van der Waals surface area (Å²) in [6, 6.07) is 6.18. The van der Waals surface area contributed by atoms with Crippen LogP contribution in [0, 0.1) is 10.1 Å². The highest BCUT2D eigenvalue weighted by atomic mass is 19.4. The molecule has 1 heterocycles. The number of hydrogen-bond acceptors (Lipinski definition) is 6. The van der Waals surface area contributed by atoms with Gasteiger partial charge in [0.05, 0.1) is 17.3 Å². The third-order valence-corrected chi connectivity index (χ3v) is 3.12. The number of halogens is 3. The van der Waals surface area contributed by atoms with Crippen LogP contribution in [0.3, 0.4) is 0 Å². The predicted octanol–water partition coefficient (Wildman–Crippen LogP) is 3.39. The molecule has 0 aliphatic carbocycles. The quantitative estimate of drug-likeness (QED) is 0.489. The average molecular weight is 372 g/mol. The maximum Gasteiger partial charge on any atom is 0.433 e. The Morgan fingerprint density at radius 2 is 1.88 bits per heavy atom. The van der Waals surface area contributed by atoms with E-state index in [1.807, 2.05) is 5.32 Å². The molecule has 2 rings (SSSR count). The van der Waals surface area contributed by atoms with Crippen molar-refractivity contribution in [2.75, 3.05) is 5.32 Å². The van der Waals surface area contributed by atoms with Crippen LogP contribution in [0.2, 0.25) is 0 Å². The summed E-state index contributed by atoms with van der Waals surface area (Å²) in [5.41, 5.74) is -1.56. The molecule has 11 heteroatoms. The van der Waals surface area contributed by atoms with Gasteiger partial charge in [-0.25, -0.2) is 4.79 Å². The topological polar surface area (TPSA) is 112 Å². The summed E-state index contributed by atoms with van der Waals surface area (Å²) in [4.78, 5) is 33.4. The van der Waals surface area contributed by atoms with Gasteiger partial charge in [-0.2, -0.15) is 13.2 Å². The van der Waals surface area contributed by atoms with E-state index < -0.39 is 52.0 Å². The van der Waals surface area contributed by atoms with E-state index in [1.165, 1.54) is 6.07 Å². The molecule has 1 unspecified atom stereocenters. The second-order valence-corrected chi connectivity index (χ2v) is 4.98. The van der Waals surface area contributed by atoms with Gasteiger partial charge in [-0.3, -0.25) is 14.9 Å². The summed E-state index contributed by atoms with van der Waals surface area (Å²) in [7, 11) is 0. The highest BCUT2D eigenvalue weighted by Crippen LogP contribution is 2.34. The summed E-state index contributed by atoms with van der Waals surface area (Å²) >= 11 is 0. The number of nitro groups is 1. The van der Waals surface area contributed by atoms with Gasteiger partial charge in [0.1, 0.15) is 4.92 Å². The molecule has 0 fully saturated rings. The number of benzene rings is 1. The second kappa shape index (κ2) is 7.25. The lowest BCUT2D eigenvalue weighted by molar-refractivity contribution is -0.402. The molecule has 0 spiro atoms. The van der Waals surface area contributed by atoms with E-state index in [9.17, 15) is 32.9 Å². The summed E-state index contributed by atoms with van der Waals surface area (Å²) in [6.45, 7) is 1.13. The third kappa shape index (κ3) is 4.37. The van der Waals surface area contributed by atoms with E-state index in [2.05, 4.69) is 4.42 Å². The van der Waals surface area contributed by atoms with Crippen LogP contribution in [0.5, 0.6) is 0 Å². The molecular formula is C15H11F3N2O6. The van der Waals surface area contributed by atoms with E-state index >= 15 is 0 Å². The van der Waals surface area contributed by atoms with Crippen LogP contribution in [-0.2, 0) is 15.7 Å². The Morgan fingerprint density at radius 3 is 2.46 bits per heavy atom. The van der Waals surface area contributed by atoms with Gasteiger partial charge in [-0.05, 0) is 25.1 Å². The molecule has 0 radical (unpaired) electrons. The van der Waals surface area contributed by atoms with E-state index in [-0.39, 0.29) is 0 Å². The Hall–Kier alpha value is -3.37. The van der Waals surface area contributed by atoms with Gasteiger partial charge in [-0.15, -0.1) is 0 Å². The van der Waals surface area contributed by atoms with Crippen molar-refractivity contribution < 1.29 is 36.8 Å². The van der Waals surface area contributed by atoms with Crippen molar-refractivity contribution >= 4 is 23.4 Å². The van der Waals surface area contributed by atoms with Crippen LogP contribution in [0.1, 0.15) is 23.0 Å². The molecule has 0 aliphatic rings. The number of amides is 1. The number of nitrogens with zero attached hydrogens (tertiary/aromatic N) is 1. The van der Waals surface area contributed by atoms with E-state index in [1.54, 1.807) is 0 Å². The highest BCUT2D eigenvalue weighted by Gasteiger charge is 2.34. The number of hydrogen-bond donors (Lipinski definition) is 1. The first-order valence-electron chi connectivity index (χ1n) is 7.02. The molecule has 138 valence electrons. The molecule has 0 aliphatic heterocycles. The Labute approximate surface area is 143 Å². The lowest BCUT2D eigenvalue weighted by atomic mass is 10.1. The molecule has 26 heavy (non-hydrogen) atoms. The van der Waals surface area contributed by atoms with E-state index in [4.69, 9.17) is 4.74 Å². The molecule has 1 atom stereocenters. The van der Waals surface area contributed by atoms with Crippen LogP contribution in [0.25, 0.3) is 0 Å². The minimum atomic E-state index is -4.68. The Morgan fingerprint density at radius 1 is 1.23 bits per heavy atom. The van der Waals surface area contributed by atoms with Crippen molar-refractivity contribution in [1.82, 2.24) is 0 Å². The number of ether oxygens (including phenoxy) is 1. The summed E-state index contributed by atoms with van der Waals surface area (Å²) in [5, 5.41) is 12.5. The Balaban J connectivity index is 2.06. The van der Waals surface area contributed by atoms with Crippen LogP contribution >= 0.6 is 0 Å². The number of carbonyl (C=O) groups is 2. The number of anilines is 1. The standard InChI is InChI=1S/C15H11F3N2O6/c1-8(25-14(22)11-6-7-12(26-11)20(23)24)13(21)19-10-5-3-2-4-9(10)15(16,17)18/h2-8H,1H3,(H,19,21). The van der Waals surface area contributed by atoms with Gasteiger partial charge < -0.3 is 14.5 Å². The molecule has 2 aromatic rings. The lowest BCUT2D eigenvalue weighted by Crippen LogP contribution is -2.30. The molecule has 0 saturated heterocycles. The van der Waals surface area contributed by atoms with Gasteiger partial charge >= 0.3 is 18.0 Å². The maximum atomic E-state index is 12.9. The largest absolute Gasteiger partial charge is 0.447 e. The van der Waals surface area contributed by atoms with Gasteiger partial charge in [0.25, 0.3) is 5.91 Å². The summed E-state index contributed by atoms with van der Waals surface area (Å²) < 4.78 is 48.0. The van der Waals surface area contributed by atoms with Crippen LogP contribution in [0.4, 0.5) is 24.7 Å². The van der Waals surface area contributed by atoms with E-state index in [0.717, 1.165) is 37.3 Å². The van der Waals surface area contributed by atoms with Crippen molar-refractivity contribution in [3.8, 4) is 0 Å². The zero-order chi connectivity index (χ0) is 19.5. The number of rotatable bonds is 5. The van der Waals surface area contributed by atoms with Crippen LogP contribution < -0.4 is 5.32 Å². The molecule has 1 aromatic carbocycles. The SMILES string of the molecule is CC(OC(=O)c1ccc([N+](=O)[O-])o1)C(=O)Nc1ccccc1C(F)(F)F. The zero-order valence-corrected chi connectivity index (χ0v) is 13.1. The van der Waals surface area contributed by atoms with Gasteiger partial charge in [-0.1, -0.05) is 12.1 Å².